The number of amides is 2. The summed E-state index contributed by atoms with van der Waals surface area (Å²) in [5.41, 5.74) is 1.98. The third-order valence-electron chi connectivity index (χ3n) is 4.29. The number of carbonyl (C=O) groups is 2. The van der Waals surface area contributed by atoms with Crippen molar-refractivity contribution < 1.29 is 18.4 Å². The minimum Gasteiger partial charge on any atom is -0.460 e. The van der Waals surface area contributed by atoms with E-state index in [0.717, 1.165) is 22.3 Å². The van der Waals surface area contributed by atoms with Crippen molar-refractivity contribution in [2.45, 2.75) is 13.3 Å². The Bertz CT molecular complexity index is 1040. The molecule has 2 aromatic carbocycles. The molecule has 0 saturated carbocycles. The lowest BCUT2D eigenvalue weighted by atomic mass is 10.1. The van der Waals surface area contributed by atoms with Crippen LogP contribution in [-0.2, 0) is 16.0 Å². The standard InChI is InChI=1S/C22H21FN2O3/c1-3-19-18(17-9-4-5-10-20(17)28-19)11-12-22(27)25(2)14-21(26)24-16-8-6-7-15(23)13-16/h4-13H,3,14H2,1-2H3,(H,24,26)/b12-11+. The number of benzene rings is 2. The number of nitrogens with zero attached hydrogens (tertiary/aromatic N) is 1. The number of para-hydroxylation sites is 1. The second-order valence-corrected chi connectivity index (χ2v) is 6.37. The molecule has 0 aliphatic carbocycles. The highest BCUT2D eigenvalue weighted by molar-refractivity contribution is 5.99. The highest BCUT2D eigenvalue weighted by atomic mass is 19.1. The molecule has 0 spiro atoms. The highest BCUT2D eigenvalue weighted by Gasteiger charge is 2.13. The first-order valence-corrected chi connectivity index (χ1v) is 8.97. The summed E-state index contributed by atoms with van der Waals surface area (Å²) < 4.78 is 19.0. The van der Waals surface area contributed by atoms with Gasteiger partial charge in [0.05, 0.1) is 6.54 Å². The van der Waals surface area contributed by atoms with Gasteiger partial charge in [0.1, 0.15) is 17.2 Å². The van der Waals surface area contributed by atoms with Gasteiger partial charge in [-0.1, -0.05) is 31.2 Å². The zero-order valence-electron chi connectivity index (χ0n) is 15.7. The van der Waals surface area contributed by atoms with Crippen molar-refractivity contribution in [3.63, 3.8) is 0 Å². The number of carbonyl (C=O) groups excluding carboxylic acids is 2. The number of fused-ring (bicyclic) bond motifs is 1. The molecule has 1 N–H and O–H groups in total. The van der Waals surface area contributed by atoms with Crippen molar-refractivity contribution in [3.8, 4) is 0 Å². The van der Waals surface area contributed by atoms with E-state index in [9.17, 15) is 14.0 Å². The van der Waals surface area contributed by atoms with Gasteiger partial charge in [-0.2, -0.15) is 0 Å². The lowest BCUT2D eigenvalue weighted by Gasteiger charge is -2.14. The molecule has 5 nitrogen and oxygen atoms in total. The van der Waals surface area contributed by atoms with E-state index in [2.05, 4.69) is 5.32 Å². The highest BCUT2D eigenvalue weighted by Crippen LogP contribution is 2.27. The Labute approximate surface area is 162 Å². The quantitative estimate of drug-likeness (QED) is 0.651. The lowest BCUT2D eigenvalue weighted by Crippen LogP contribution is -2.33. The first-order chi connectivity index (χ1) is 13.5. The molecule has 0 unspecified atom stereocenters. The summed E-state index contributed by atoms with van der Waals surface area (Å²) in [5, 5.41) is 3.51. The van der Waals surface area contributed by atoms with Crippen LogP contribution in [0.5, 0.6) is 0 Å². The average Bonchev–Trinajstić information content (AvgIpc) is 3.03. The Hall–Kier alpha value is -3.41. The van der Waals surface area contributed by atoms with Crippen LogP contribution < -0.4 is 5.32 Å². The second kappa shape index (κ2) is 8.52. The number of hydrogen-bond acceptors (Lipinski definition) is 3. The Kier molecular flexibility index (Phi) is 5.89. The van der Waals surface area contributed by atoms with Gasteiger partial charge < -0.3 is 14.6 Å². The van der Waals surface area contributed by atoms with Crippen LogP contribution in [-0.4, -0.2) is 30.3 Å². The second-order valence-electron chi connectivity index (χ2n) is 6.37. The number of nitrogens with one attached hydrogen (secondary N) is 1. The summed E-state index contributed by atoms with van der Waals surface area (Å²) in [6.45, 7) is 1.84. The Morgan fingerprint density at radius 1 is 1.18 bits per heavy atom. The summed E-state index contributed by atoms with van der Waals surface area (Å²) in [7, 11) is 1.53. The van der Waals surface area contributed by atoms with Crippen molar-refractivity contribution >= 4 is 34.5 Å². The Morgan fingerprint density at radius 2 is 1.96 bits per heavy atom. The Balaban J connectivity index is 1.66. The van der Waals surface area contributed by atoms with Crippen LogP contribution in [0.2, 0.25) is 0 Å². The molecule has 6 heteroatoms. The van der Waals surface area contributed by atoms with Crippen molar-refractivity contribution in [3.05, 3.63) is 71.7 Å². The van der Waals surface area contributed by atoms with Gasteiger partial charge in [0.25, 0.3) is 0 Å². The molecule has 2 amide bonds. The predicted octanol–water partition coefficient (Wildman–Crippen LogP) is 4.24. The fourth-order valence-corrected chi connectivity index (χ4v) is 2.90. The summed E-state index contributed by atoms with van der Waals surface area (Å²) >= 11 is 0. The van der Waals surface area contributed by atoms with E-state index in [-0.39, 0.29) is 12.5 Å². The van der Waals surface area contributed by atoms with E-state index < -0.39 is 11.7 Å². The molecule has 0 aliphatic rings. The number of likely N-dealkylation sites (N-methyl/N-ethyl adjacent to an activating group) is 1. The minimum atomic E-state index is -0.441. The molecule has 1 aromatic heterocycles. The van der Waals surface area contributed by atoms with E-state index in [4.69, 9.17) is 4.42 Å². The van der Waals surface area contributed by atoms with E-state index in [1.807, 2.05) is 31.2 Å². The number of hydrogen-bond donors (Lipinski definition) is 1. The maximum Gasteiger partial charge on any atom is 0.246 e. The number of aryl methyl sites for hydroxylation is 1. The van der Waals surface area contributed by atoms with Crippen LogP contribution in [0.4, 0.5) is 10.1 Å². The number of rotatable bonds is 6. The largest absolute Gasteiger partial charge is 0.460 e. The molecule has 144 valence electrons. The summed E-state index contributed by atoms with van der Waals surface area (Å²) in [5.74, 6) is -0.361. The van der Waals surface area contributed by atoms with E-state index in [1.54, 1.807) is 12.1 Å². The van der Waals surface area contributed by atoms with E-state index in [1.165, 1.54) is 36.2 Å². The van der Waals surface area contributed by atoms with Crippen LogP contribution in [0.25, 0.3) is 17.0 Å². The smallest absolute Gasteiger partial charge is 0.246 e. The van der Waals surface area contributed by atoms with Crippen LogP contribution in [0.15, 0.2) is 59.0 Å². The fraction of sp³-hybridized carbons (Fsp3) is 0.182. The van der Waals surface area contributed by atoms with Crippen molar-refractivity contribution in [2.24, 2.45) is 0 Å². The van der Waals surface area contributed by atoms with Gasteiger partial charge in [0, 0.05) is 36.2 Å². The third-order valence-corrected chi connectivity index (χ3v) is 4.29. The van der Waals surface area contributed by atoms with Crippen LogP contribution in [0, 0.1) is 5.82 Å². The predicted molar refractivity (Wildman–Crippen MR) is 107 cm³/mol. The van der Waals surface area contributed by atoms with Gasteiger partial charge in [-0.05, 0) is 30.3 Å². The normalized spacial score (nSPS) is 11.1. The molecule has 0 atom stereocenters. The number of anilines is 1. The zero-order valence-corrected chi connectivity index (χ0v) is 15.7. The third kappa shape index (κ3) is 4.46. The lowest BCUT2D eigenvalue weighted by molar-refractivity contribution is -0.129. The van der Waals surface area contributed by atoms with Gasteiger partial charge in [0.15, 0.2) is 0 Å². The van der Waals surface area contributed by atoms with Gasteiger partial charge in [0.2, 0.25) is 11.8 Å². The summed E-state index contributed by atoms with van der Waals surface area (Å²) in [4.78, 5) is 25.8. The zero-order chi connectivity index (χ0) is 20.1. The Morgan fingerprint density at radius 3 is 2.71 bits per heavy atom. The summed E-state index contributed by atoms with van der Waals surface area (Å²) in [6.07, 6.45) is 3.84. The monoisotopic (exact) mass is 380 g/mol. The van der Waals surface area contributed by atoms with Crippen molar-refractivity contribution in [1.82, 2.24) is 4.90 Å². The molecule has 0 saturated heterocycles. The molecule has 28 heavy (non-hydrogen) atoms. The molecule has 3 aromatic rings. The van der Waals surface area contributed by atoms with Crippen molar-refractivity contribution in [1.29, 1.82) is 0 Å². The van der Waals surface area contributed by atoms with Gasteiger partial charge in [-0.3, -0.25) is 9.59 Å². The fourth-order valence-electron chi connectivity index (χ4n) is 2.90. The van der Waals surface area contributed by atoms with Crippen LogP contribution in [0.1, 0.15) is 18.2 Å². The van der Waals surface area contributed by atoms with E-state index >= 15 is 0 Å². The van der Waals surface area contributed by atoms with Crippen molar-refractivity contribution in [2.75, 3.05) is 18.9 Å². The molecule has 0 fully saturated rings. The van der Waals surface area contributed by atoms with Gasteiger partial charge in [-0.15, -0.1) is 0 Å². The average molecular weight is 380 g/mol. The first kappa shape index (κ1) is 19.4. The SMILES string of the molecule is CCc1oc2ccccc2c1/C=C/C(=O)N(C)CC(=O)Nc1cccc(F)c1. The first-order valence-electron chi connectivity index (χ1n) is 8.97. The number of furan rings is 1. The molecular weight excluding hydrogens is 359 g/mol. The molecule has 3 rings (SSSR count). The number of halogens is 1. The molecule has 1 heterocycles. The van der Waals surface area contributed by atoms with Gasteiger partial charge in [-0.25, -0.2) is 4.39 Å². The van der Waals surface area contributed by atoms with Crippen LogP contribution >= 0.6 is 0 Å². The molecule has 0 radical (unpaired) electrons. The molecule has 0 aliphatic heterocycles. The maximum atomic E-state index is 13.2. The molecular formula is C22H21FN2O3. The molecule has 0 bridgehead atoms. The van der Waals surface area contributed by atoms with E-state index in [0.29, 0.717) is 12.1 Å². The minimum absolute atomic E-state index is 0.146. The van der Waals surface area contributed by atoms with Crippen LogP contribution in [0.3, 0.4) is 0 Å². The maximum absolute atomic E-state index is 13.2. The topological polar surface area (TPSA) is 62.6 Å². The summed E-state index contributed by atoms with van der Waals surface area (Å²) in [6, 6.07) is 13.2. The van der Waals surface area contributed by atoms with Gasteiger partial charge >= 0.3 is 0 Å².